The highest BCUT2D eigenvalue weighted by Gasteiger charge is 2.30. The Kier molecular flexibility index (Phi) is 6.68. The SMILES string of the molecule is O=C(C1CCCCCC1)C(CCN1C=C(c2cccc3ccsc23)CC1)c1ccccn1. The number of aromatic nitrogens is 1. The molecule has 0 N–H and O–H groups in total. The summed E-state index contributed by atoms with van der Waals surface area (Å²) < 4.78 is 1.38. The van der Waals surface area contributed by atoms with Gasteiger partial charge in [-0.25, -0.2) is 0 Å². The van der Waals surface area contributed by atoms with Crippen molar-refractivity contribution < 1.29 is 4.79 Å². The van der Waals surface area contributed by atoms with Crippen LogP contribution in [0, 0.1) is 5.92 Å². The second kappa shape index (κ2) is 9.99. The molecule has 3 heterocycles. The van der Waals surface area contributed by atoms with E-state index in [-0.39, 0.29) is 11.8 Å². The van der Waals surface area contributed by atoms with Gasteiger partial charge in [0.2, 0.25) is 0 Å². The molecule has 32 heavy (non-hydrogen) atoms. The number of carbonyl (C=O) groups is 1. The van der Waals surface area contributed by atoms with E-state index in [2.05, 4.69) is 45.7 Å². The molecule has 1 aliphatic heterocycles. The number of ketones is 1. The van der Waals surface area contributed by atoms with Gasteiger partial charge in [-0.3, -0.25) is 9.78 Å². The molecule has 1 atom stereocenters. The molecule has 1 unspecified atom stereocenters. The number of pyridine rings is 1. The highest BCUT2D eigenvalue weighted by atomic mass is 32.1. The van der Waals surface area contributed by atoms with Gasteiger partial charge in [-0.2, -0.15) is 0 Å². The number of thiophene rings is 1. The van der Waals surface area contributed by atoms with Gasteiger partial charge in [0.15, 0.2) is 0 Å². The lowest BCUT2D eigenvalue weighted by Gasteiger charge is -2.24. The molecule has 2 aliphatic rings. The molecular weight excluding hydrogens is 412 g/mol. The number of nitrogens with zero attached hydrogens (tertiary/aromatic N) is 2. The number of benzene rings is 1. The van der Waals surface area contributed by atoms with Gasteiger partial charge in [-0.15, -0.1) is 11.3 Å². The van der Waals surface area contributed by atoms with Crippen LogP contribution in [0.4, 0.5) is 0 Å². The fourth-order valence-corrected chi connectivity index (χ4v) is 6.35. The molecule has 0 spiro atoms. The third-order valence-electron chi connectivity index (χ3n) is 7.18. The molecule has 4 heteroatoms. The highest BCUT2D eigenvalue weighted by Crippen LogP contribution is 2.35. The summed E-state index contributed by atoms with van der Waals surface area (Å²) in [6.07, 6.45) is 13.1. The molecule has 1 aromatic carbocycles. The van der Waals surface area contributed by atoms with Gasteiger partial charge >= 0.3 is 0 Å². The molecule has 1 fully saturated rings. The average molecular weight is 445 g/mol. The summed E-state index contributed by atoms with van der Waals surface area (Å²) >= 11 is 1.83. The highest BCUT2D eigenvalue weighted by molar-refractivity contribution is 7.17. The first-order valence-corrected chi connectivity index (χ1v) is 13.0. The summed E-state index contributed by atoms with van der Waals surface area (Å²) in [5.41, 5.74) is 3.74. The first kappa shape index (κ1) is 21.4. The summed E-state index contributed by atoms with van der Waals surface area (Å²) in [6.45, 7) is 1.94. The quantitative estimate of drug-likeness (QED) is 0.366. The van der Waals surface area contributed by atoms with Crippen molar-refractivity contribution in [3.05, 3.63) is 71.5 Å². The van der Waals surface area contributed by atoms with E-state index < -0.39 is 0 Å². The standard InChI is InChI=1S/C28H32N2OS/c31-27(21-8-3-1-2-4-9-21)25(26-12-5-6-16-29-26)14-18-30-17-13-23(20-30)24-11-7-10-22-15-19-32-28(22)24/h5-7,10-12,15-16,19-21,25H,1-4,8-9,13-14,17-18H2. The summed E-state index contributed by atoms with van der Waals surface area (Å²) in [4.78, 5) is 20.6. The maximum atomic E-state index is 13.6. The third kappa shape index (κ3) is 4.66. The molecule has 0 saturated heterocycles. The van der Waals surface area contributed by atoms with Crippen molar-refractivity contribution in [2.45, 2.75) is 57.3 Å². The minimum absolute atomic E-state index is 0.0857. The van der Waals surface area contributed by atoms with Crippen LogP contribution in [-0.2, 0) is 4.79 Å². The van der Waals surface area contributed by atoms with Gasteiger partial charge in [0.25, 0.3) is 0 Å². The van der Waals surface area contributed by atoms with E-state index in [0.29, 0.717) is 5.78 Å². The zero-order valence-electron chi connectivity index (χ0n) is 18.7. The van der Waals surface area contributed by atoms with E-state index in [1.54, 1.807) is 0 Å². The smallest absolute Gasteiger partial charge is 0.145 e. The second-order valence-electron chi connectivity index (χ2n) is 9.27. The van der Waals surface area contributed by atoms with Gasteiger partial charge in [0.1, 0.15) is 5.78 Å². The first-order valence-electron chi connectivity index (χ1n) is 12.2. The summed E-state index contributed by atoms with van der Waals surface area (Å²) in [5.74, 6) is 0.556. The summed E-state index contributed by atoms with van der Waals surface area (Å²) in [7, 11) is 0. The van der Waals surface area contributed by atoms with Crippen molar-refractivity contribution >= 4 is 32.8 Å². The van der Waals surface area contributed by atoms with Crippen LogP contribution in [0.1, 0.15) is 68.5 Å². The number of Topliss-reactive ketones (excluding diaryl/α,β-unsaturated/α-hetero) is 1. The number of fused-ring (bicyclic) bond motifs is 1. The van der Waals surface area contributed by atoms with Crippen LogP contribution in [0.15, 0.2) is 60.2 Å². The normalized spacial score (nSPS) is 18.5. The van der Waals surface area contributed by atoms with Crippen LogP contribution < -0.4 is 0 Å². The molecule has 3 aromatic rings. The molecule has 2 aromatic heterocycles. The Hall–Kier alpha value is -2.46. The zero-order valence-corrected chi connectivity index (χ0v) is 19.5. The Labute approximate surface area is 195 Å². The van der Waals surface area contributed by atoms with Gasteiger partial charge in [0.05, 0.1) is 11.6 Å². The number of rotatable bonds is 7. The summed E-state index contributed by atoms with van der Waals surface area (Å²) in [5, 5.41) is 3.51. The van der Waals surface area contributed by atoms with E-state index >= 15 is 0 Å². The molecule has 1 aliphatic carbocycles. The van der Waals surface area contributed by atoms with E-state index in [9.17, 15) is 4.79 Å². The van der Waals surface area contributed by atoms with Crippen molar-refractivity contribution in [3.63, 3.8) is 0 Å². The lowest BCUT2D eigenvalue weighted by molar-refractivity contribution is -0.125. The van der Waals surface area contributed by atoms with Crippen molar-refractivity contribution in [2.24, 2.45) is 5.92 Å². The van der Waals surface area contributed by atoms with Crippen molar-refractivity contribution in [1.82, 2.24) is 9.88 Å². The van der Waals surface area contributed by atoms with E-state index in [1.807, 2.05) is 35.7 Å². The summed E-state index contributed by atoms with van der Waals surface area (Å²) in [6, 6.07) is 14.8. The number of hydrogen-bond donors (Lipinski definition) is 0. The van der Waals surface area contributed by atoms with E-state index in [1.165, 1.54) is 46.9 Å². The molecule has 5 rings (SSSR count). The van der Waals surface area contributed by atoms with Gasteiger partial charge in [0, 0.05) is 36.1 Å². The van der Waals surface area contributed by atoms with E-state index in [4.69, 9.17) is 0 Å². The Balaban J connectivity index is 1.31. The van der Waals surface area contributed by atoms with Crippen molar-refractivity contribution in [3.8, 4) is 0 Å². The molecule has 0 amide bonds. The van der Waals surface area contributed by atoms with Crippen LogP contribution in [0.2, 0.25) is 0 Å². The average Bonchev–Trinajstić information content (AvgIpc) is 3.42. The van der Waals surface area contributed by atoms with E-state index in [0.717, 1.165) is 44.5 Å². The predicted octanol–water partition coefficient (Wildman–Crippen LogP) is 7.06. The minimum Gasteiger partial charge on any atom is -0.377 e. The second-order valence-corrected chi connectivity index (χ2v) is 10.2. The Bertz CT molecular complexity index is 1080. The maximum absolute atomic E-state index is 13.6. The van der Waals surface area contributed by atoms with Crippen LogP contribution >= 0.6 is 11.3 Å². The predicted molar refractivity (Wildman–Crippen MR) is 134 cm³/mol. The van der Waals surface area contributed by atoms with Gasteiger partial charge in [-0.1, -0.05) is 49.9 Å². The fraction of sp³-hybridized carbons (Fsp3) is 0.429. The minimum atomic E-state index is -0.0857. The fourth-order valence-electron chi connectivity index (χ4n) is 5.40. The van der Waals surface area contributed by atoms with Crippen LogP contribution in [0.25, 0.3) is 15.7 Å². The Morgan fingerprint density at radius 3 is 2.75 bits per heavy atom. The lowest BCUT2D eigenvalue weighted by Crippen LogP contribution is -2.26. The van der Waals surface area contributed by atoms with Crippen LogP contribution in [0.3, 0.4) is 0 Å². The van der Waals surface area contributed by atoms with Crippen molar-refractivity contribution in [2.75, 3.05) is 13.1 Å². The Morgan fingerprint density at radius 2 is 1.94 bits per heavy atom. The monoisotopic (exact) mass is 444 g/mol. The molecule has 166 valence electrons. The van der Waals surface area contributed by atoms with Crippen LogP contribution in [-0.4, -0.2) is 28.8 Å². The number of carbonyl (C=O) groups excluding carboxylic acids is 1. The molecule has 3 nitrogen and oxygen atoms in total. The number of hydrogen-bond acceptors (Lipinski definition) is 4. The van der Waals surface area contributed by atoms with Gasteiger partial charge in [-0.05, 0) is 65.8 Å². The molecular formula is C28H32N2OS. The zero-order chi connectivity index (χ0) is 21.8. The molecule has 0 radical (unpaired) electrons. The first-order chi connectivity index (χ1) is 15.8. The largest absolute Gasteiger partial charge is 0.377 e. The topological polar surface area (TPSA) is 33.2 Å². The Morgan fingerprint density at radius 1 is 1.06 bits per heavy atom. The maximum Gasteiger partial charge on any atom is 0.145 e. The van der Waals surface area contributed by atoms with Crippen LogP contribution in [0.5, 0.6) is 0 Å². The third-order valence-corrected chi connectivity index (χ3v) is 8.15. The molecule has 0 bridgehead atoms. The van der Waals surface area contributed by atoms with Crippen molar-refractivity contribution in [1.29, 1.82) is 0 Å². The lowest BCUT2D eigenvalue weighted by atomic mass is 9.84. The molecule has 1 saturated carbocycles. The van der Waals surface area contributed by atoms with Gasteiger partial charge < -0.3 is 4.90 Å².